The van der Waals surface area contributed by atoms with Gasteiger partial charge in [0, 0.05) is 24.4 Å². The number of fused-ring (bicyclic) bond motifs is 1. The molecule has 1 N–H and O–H groups in total. The maximum Gasteiger partial charge on any atom is 0.289 e. The van der Waals surface area contributed by atoms with Crippen molar-refractivity contribution in [1.82, 2.24) is 20.1 Å². The van der Waals surface area contributed by atoms with E-state index in [9.17, 15) is 9.18 Å². The molecule has 1 atom stereocenters. The predicted molar refractivity (Wildman–Crippen MR) is 85.3 cm³/mol. The Morgan fingerprint density at radius 2 is 2.25 bits per heavy atom. The van der Waals surface area contributed by atoms with E-state index in [1.165, 1.54) is 6.07 Å². The lowest BCUT2D eigenvalue weighted by Gasteiger charge is -2.13. The minimum atomic E-state index is -0.454. The molecule has 1 fully saturated rings. The molecule has 6 nitrogen and oxygen atoms in total. The molecule has 1 saturated heterocycles. The Kier molecular flexibility index (Phi) is 3.37. The number of hydrogen-bond acceptors (Lipinski definition) is 4. The second-order valence-corrected chi connectivity index (χ2v) is 6.23. The molecule has 1 aliphatic rings. The van der Waals surface area contributed by atoms with E-state index in [2.05, 4.69) is 15.2 Å². The van der Waals surface area contributed by atoms with Crippen LogP contribution >= 0.6 is 0 Å². The standard InChI is InChI=1S/C17H17FN4O2/c1-9-3-4-13(18)15-12(9)7-14(24-15)17(23)22-6-5-11(8-22)16-19-10(2)20-21-16/h3-4,7,11H,5-6,8H2,1-2H3,(H,19,20,21). The molecule has 1 unspecified atom stereocenters. The van der Waals surface area contributed by atoms with Crippen molar-refractivity contribution in [3.8, 4) is 0 Å². The molecule has 0 aliphatic carbocycles. The van der Waals surface area contributed by atoms with E-state index in [1.54, 1.807) is 17.0 Å². The highest BCUT2D eigenvalue weighted by Crippen LogP contribution is 2.29. The number of halogens is 1. The van der Waals surface area contributed by atoms with E-state index in [4.69, 9.17) is 4.42 Å². The lowest BCUT2D eigenvalue weighted by atomic mass is 10.1. The summed E-state index contributed by atoms with van der Waals surface area (Å²) in [6.07, 6.45) is 0.802. The van der Waals surface area contributed by atoms with Crippen LogP contribution in [0.5, 0.6) is 0 Å². The minimum Gasteiger partial charge on any atom is -0.448 e. The highest BCUT2D eigenvalue weighted by Gasteiger charge is 2.32. The third-order valence-corrected chi connectivity index (χ3v) is 4.52. The van der Waals surface area contributed by atoms with E-state index in [0.717, 1.165) is 23.6 Å². The molecule has 1 aliphatic heterocycles. The number of carbonyl (C=O) groups excluding carboxylic acids is 1. The first-order valence-corrected chi connectivity index (χ1v) is 7.90. The van der Waals surface area contributed by atoms with E-state index in [0.29, 0.717) is 18.5 Å². The van der Waals surface area contributed by atoms with Gasteiger partial charge in [-0.2, -0.15) is 5.10 Å². The number of likely N-dealkylation sites (tertiary alicyclic amines) is 1. The number of rotatable bonds is 2. The molecule has 24 heavy (non-hydrogen) atoms. The second kappa shape index (κ2) is 5.43. The minimum absolute atomic E-state index is 0.113. The number of amides is 1. The van der Waals surface area contributed by atoms with Crippen molar-refractivity contribution in [3.63, 3.8) is 0 Å². The summed E-state index contributed by atoms with van der Waals surface area (Å²) in [4.78, 5) is 18.7. The van der Waals surface area contributed by atoms with Crippen molar-refractivity contribution in [3.05, 3.63) is 47.0 Å². The number of hydrogen-bond donors (Lipinski definition) is 1. The lowest BCUT2D eigenvalue weighted by Crippen LogP contribution is -2.28. The Morgan fingerprint density at radius 1 is 1.42 bits per heavy atom. The molecule has 1 aromatic carbocycles. The number of nitrogens with one attached hydrogen (secondary N) is 1. The molecular weight excluding hydrogens is 311 g/mol. The second-order valence-electron chi connectivity index (χ2n) is 6.23. The first-order chi connectivity index (χ1) is 11.5. The third-order valence-electron chi connectivity index (χ3n) is 4.52. The van der Waals surface area contributed by atoms with Crippen LogP contribution in [0.2, 0.25) is 0 Å². The van der Waals surface area contributed by atoms with Crippen LogP contribution in [0.4, 0.5) is 4.39 Å². The number of benzene rings is 1. The van der Waals surface area contributed by atoms with E-state index in [1.807, 2.05) is 13.8 Å². The fourth-order valence-corrected chi connectivity index (χ4v) is 3.18. The van der Waals surface area contributed by atoms with Crippen molar-refractivity contribution in [2.45, 2.75) is 26.2 Å². The molecule has 4 rings (SSSR count). The number of aromatic nitrogens is 3. The van der Waals surface area contributed by atoms with Gasteiger partial charge in [-0.3, -0.25) is 9.89 Å². The van der Waals surface area contributed by atoms with Crippen LogP contribution in [0.1, 0.15) is 40.1 Å². The molecule has 7 heteroatoms. The normalized spacial score (nSPS) is 17.8. The molecule has 1 amide bonds. The maximum atomic E-state index is 13.9. The van der Waals surface area contributed by atoms with Crippen LogP contribution < -0.4 is 0 Å². The van der Waals surface area contributed by atoms with Crippen molar-refractivity contribution in [2.24, 2.45) is 0 Å². The average Bonchev–Trinajstić information content (AvgIpc) is 3.28. The first-order valence-electron chi connectivity index (χ1n) is 7.90. The van der Waals surface area contributed by atoms with Crippen molar-refractivity contribution >= 4 is 16.9 Å². The van der Waals surface area contributed by atoms with Crippen LogP contribution in [0.25, 0.3) is 11.0 Å². The average molecular weight is 328 g/mol. The van der Waals surface area contributed by atoms with Gasteiger partial charge in [-0.1, -0.05) is 6.07 Å². The predicted octanol–water partition coefficient (Wildman–Crippen LogP) is 2.94. The van der Waals surface area contributed by atoms with Crippen LogP contribution in [0.3, 0.4) is 0 Å². The highest BCUT2D eigenvalue weighted by atomic mass is 19.1. The van der Waals surface area contributed by atoms with E-state index >= 15 is 0 Å². The van der Waals surface area contributed by atoms with Gasteiger partial charge in [0.15, 0.2) is 23.0 Å². The van der Waals surface area contributed by atoms with Gasteiger partial charge in [0.05, 0.1) is 0 Å². The summed E-state index contributed by atoms with van der Waals surface area (Å²) in [5.41, 5.74) is 1.02. The maximum absolute atomic E-state index is 13.9. The molecular formula is C17H17FN4O2. The van der Waals surface area contributed by atoms with Crippen LogP contribution in [0.15, 0.2) is 22.6 Å². The summed E-state index contributed by atoms with van der Waals surface area (Å²) >= 11 is 0. The Balaban J connectivity index is 1.58. The summed E-state index contributed by atoms with van der Waals surface area (Å²) < 4.78 is 19.4. The van der Waals surface area contributed by atoms with Crippen LogP contribution in [-0.4, -0.2) is 39.1 Å². The Bertz CT molecular complexity index is 891. The largest absolute Gasteiger partial charge is 0.448 e. The summed E-state index contributed by atoms with van der Waals surface area (Å²) in [6, 6.07) is 4.66. The highest BCUT2D eigenvalue weighted by molar-refractivity contribution is 5.97. The third kappa shape index (κ3) is 2.36. The number of carbonyl (C=O) groups is 1. The molecule has 0 radical (unpaired) electrons. The van der Waals surface area contributed by atoms with Crippen LogP contribution in [-0.2, 0) is 0 Å². The van der Waals surface area contributed by atoms with Gasteiger partial charge in [-0.05, 0) is 38.0 Å². The molecule has 2 aromatic heterocycles. The zero-order valence-corrected chi connectivity index (χ0v) is 13.5. The number of aromatic amines is 1. The lowest BCUT2D eigenvalue weighted by molar-refractivity contribution is 0.0761. The molecule has 124 valence electrons. The molecule has 3 heterocycles. The van der Waals surface area contributed by atoms with Crippen molar-refractivity contribution < 1.29 is 13.6 Å². The van der Waals surface area contributed by atoms with Gasteiger partial charge in [-0.15, -0.1) is 0 Å². The molecule has 0 bridgehead atoms. The first kappa shape index (κ1) is 14.9. The van der Waals surface area contributed by atoms with E-state index < -0.39 is 5.82 Å². The number of aryl methyl sites for hydroxylation is 2. The fraction of sp³-hybridized carbons (Fsp3) is 0.353. The smallest absolute Gasteiger partial charge is 0.289 e. The summed E-state index contributed by atoms with van der Waals surface area (Å²) in [5.74, 6) is 1.10. The SMILES string of the molecule is Cc1nc(C2CCN(C(=O)c3cc4c(C)ccc(F)c4o3)C2)n[nH]1. The Labute approximate surface area is 137 Å². The monoisotopic (exact) mass is 328 g/mol. The molecule has 3 aromatic rings. The van der Waals surface area contributed by atoms with Gasteiger partial charge in [-0.25, -0.2) is 9.37 Å². The molecule has 0 spiro atoms. The van der Waals surface area contributed by atoms with Crippen LogP contribution in [0, 0.1) is 19.7 Å². The number of furan rings is 1. The zero-order chi connectivity index (χ0) is 16.8. The van der Waals surface area contributed by atoms with Gasteiger partial charge in [0.1, 0.15) is 5.82 Å². The van der Waals surface area contributed by atoms with Crippen molar-refractivity contribution in [1.29, 1.82) is 0 Å². The van der Waals surface area contributed by atoms with E-state index in [-0.39, 0.29) is 23.2 Å². The van der Waals surface area contributed by atoms with Gasteiger partial charge in [0.2, 0.25) is 0 Å². The zero-order valence-electron chi connectivity index (χ0n) is 13.5. The number of nitrogens with zero attached hydrogens (tertiary/aromatic N) is 3. The Morgan fingerprint density at radius 3 is 2.96 bits per heavy atom. The Hall–Kier alpha value is -2.70. The number of H-pyrrole nitrogens is 1. The molecule has 0 saturated carbocycles. The van der Waals surface area contributed by atoms with Gasteiger partial charge >= 0.3 is 0 Å². The quantitative estimate of drug-likeness (QED) is 0.785. The summed E-state index contributed by atoms with van der Waals surface area (Å²) in [5, 5.41) is 7.64. The van der Waals surface area contributed by atoms with Gasteiger partial charge in [0.25, 0.3) is 5.91 Å². The van der Waals surface area contributed by atoms with Gasteiger partial charge < -0.3 is 9.32 Å². The fourth-order valence-electron chi connectivity index (χ4n) is 3.18. The summed E-state index contributed by atoms with van der Waals surface area (Å²) in [7, 11) is 0. The summed E-state index contributed by atoms with van der Waals surface area (Å²) in [6.45, 7) is 4.85. The topological polar surface area (TPSA) is 75.0 Å². The van der Waals surface area contributed by atoms with Crippen molar-refractivity contribution in [2.75, 3.05) is 13.1 Å².